The van der Waals surface area contributed by atoms with Crippen molar-refractivity contribution in [3.8, 4) is 0 Å². The summed E-state index contributed by atoms with van der Waals surface area (Å²) in [4.78, 5) is 17.1. The maximum absolute atomic E-state index is 12.6. The van der Waals surface area contributed by atoms with Gasteiger partial charge in [-0.15, -0.1) is 0 Å². The van der Waals surface area contributed by atoms with Gasteiger partial charge in [0.1, 0.15) is 0 Å². The Balaban J connectivity index is 1.95. The van der Waals surface area contributed by atoms with Crippen LogP contribution in [0.25, 0.3) is 11.0 Å². The summed E-state index contributed by atoms with van der Waals surface area (Å²) in [6.45, 7) is 0.431. The van der Waals surface area contributed by atoms with Crippen molar-refractivity contribution in [1.82, 2.24) is 9.55 Å². The lowest BCUT2D eigenvalue weighted by molar-refractivity contribution is 0.0974. The van der Waals surface area contributed by atoms with Gasteiger partial charge in [-0.3, -0.25) is 4.79 Å². The summed E-state index contributed by atoms with van der Waals surface area (Å²) in [5.74, 6) is 0.433. The normalized spacial score (nSPS) is 11.0. The number of imidazole rings is 1. The Bertz CT molecular complexity index is 893. The van der Waals surface area contributed by atoms with Crippen molar-refractivity contribution in [2.24, 2.45) is 0 Å². The SMILES string of the molecule is O=C(Cn1c(NCCO)nc2ccccc21)c1ccc(Cl)c(Cl)c1. The van der Waals surface area contributed by atoms with Crippen molar-refractivity contribution in [3.63, 3.8) is 0 Å². The van der Waals surface area contributed by atoms with Crippen LogP contribution in [0.4, 0.5) is 5.95 Å². The van der Waals surface area contributed by atoms with Gasteiger partial charge in [0.05, 0.1) is 34.2 Å². The van der Waals surface area contributed by atoms with Gasteiger partial charge in [0.2, 0.25) is 5.95 Å². The van der Waals surface area contributed by atoms with E-state index in [1.54, 1.807) is 22.8 Å². The molecule has 1 aromatic heterocycles. The number of anilines is 1. The van der Waals surface area contributed by atoms with Gasteiger partial charge in [-0.2, -0.15) is 0 Å². The third kappa shape index (κ3) is 3.38. The van der Waals surface area contributed by atoms with Crippen molar-refractivity contribution < 1.29 is 9.90 Å². The van der Waals surface area contributed by atoms with E-state index in [-0.39, 0.29) is 18.9 Å². The van der Waals surface area contributed by atoms with Crippen LogP contribution < -0.4 is 5.32 Å². The summed E-state index contributed by atoms with van der Waals surface area (Å²) in [5, 5.41) is 12.8. The zero-order valence-electron chi connectivity index (χ0n) is 12.7. The number of nitrogens with zero attached hydrogens (tertiary/aromatic N) is 2. The molecule has 0 radical (unpaired) electrons. The average Bonchev–Trinajstić information content (AvgIpc) is 2.93. The second-order valence-electron chi connectivity index (χ2n) is 5.21. The number of aliphatic hydroxyl groups is 1. The molecule has 7 heteroatoms. The number of hydrogen-bond donors (Lipinski definition) is 2. The molecule has 0 fully saturated rings. The number of benzene rings is 2. The number of aromatic nitrogens is 2. The molecule has 0 aliphatic rings. The van der Waals surface area contributed by atoms with Crippen LogP contribution in [0.3, 0.4) is 0 Å². The van der Waals surface area contributed by atoms with Gasteiger partial charge in [0.25, 0.3) is 0 Å². The van der Waals surface area contributed by atoms with Gasteiger partial charge >= 0.3 is 0 Å². The second kappa shape index (κ2) is 7.21. The molecular weight excluding hydrogens is 349 g/mol. The molecular formula is C17H15Cl2N3O2. The Hall–Kier alpha value is -2.08. The first kappa shape index (κ1) is 16.8. The van der Waals surface area contributed by atoms with Gasteiger partial charge < -0.3 is 15.0 Å². The van der Waals surface area contributed by atoms with Gasteiger partial charge in [-0.25, -0.2) is 4.98 Å². The maximum Gasteiger partial charge on any atom is 0.204 e. The number of aliphatic hydroxyl groups excluding tert-OH is 1. The van der Waals surface area contributed by atoms with E-state index in [4.69, 9.17) is 28.3 Å². The van der Waals surface area contributed by atoms with Crippen molar-refractivity contribution in [2.75, 3.05) is 18.5 Å². The molecule has 0 bridgehead atoms. The summed E-state index contributed by atoms with van der Waals surface area (Å²) >= 11 is 11.9. The highest BCUT2D eigenvalue weighted by atomic mass is 35.5. The molecule has 24 heavy (non-hydrogen) atoms. The zero-order chi connectivity index (χ0) is 17.1. The molecule has 0 unspecified atom stereocenters. The highest BCUT2D eigenvalue weighted by molar-refractivity contribution is 6.42. The lowest BCUT2D eigenvalue weighted by Gasteiger charge is -2.10. The molecule has 0 atom stereocenters. The first-order valence-electron chi connectivity index (χ1n) is 7.38. The van der Waals surface area contributed by atoms with Gasteiger partial charge in [0.15, 0.2) is 5.78 Å². The van der Waals surface area contributed by atoms with Crippen LogP contribution in [-0.4, -0.2) is 33.6 Å². The van der Waals surface area contributed by atoms with Crippen molar-refractivity contribution >= 4 is 46.0 Å². The molecule has 0 saturated heterocycles. The van der Waals surface area contributed by atoms with Crippen LogP contribution in [-0.2, 0) is 6.54 Å². The minimum absolute atomic E-state index is 0.0239. The monoisotopic (exact) mass is 363 g/mol. The molecule has 0 aliphatic heterocycles. The molecule has 2 N–H and O–H groups in total. The fourth-order valence-corrected chi connectivity index (χ4v) is 2.74. The van der Waals surface area contributed by atoms with Crippen LogP contribution >= 0.6 is 23.2 Å². The predicted molar refractivity (Wildman–Crippen MR) is 96.1 cm³/mol. The first-order valence-corrected chi connectivity index (χ1v) is 8.14. The lowest BCUT2D eigenvalue weighted by Crippen LogP contribution is -2.16. The summed E-state index contributed by atoms with van der Waals surface area (Å²) in [5.41, 5.74) is 2.10. The number of para-hydroxylation sites is 2. The number of hydrogen-bond acceptors (Lipinski definition) is 4. The molecule has 2 aromatic carbocycles. The first-order chi connectivity index (χ1) is 11.6. The molecule has 0 amide bonds. The molecule has 3 aromatic rings. The van der Waals surface area contributed by atoms with Crippen molar-refractivity contribution in [3.05, 3.63) is 58.1 Å². The van der Waals surface area contributed by atoms with Crippen molar-refractivity contribution in [1.29, 1.82) is 0 Å². The van der Waals surface area contributed by atoms with E-state index in [9.17, 15) is 4.79 Å². The van der Waals surface area contributed by atoms with Gasteiger partial charge in [-0.1, -0.05) is 35.3 Å². The number of carbonyl (C=O) groups is 1. The topological polar surface area (TPSA) is 67.2 Å². The van der Waals surface area contributed by atoms with Crippen LogP contribution in [0.2, 0.25) is 10.0 Å². The number of Topliss-reactive ketones (excluding diaryl/α,β-unsaturated/α-hetero) is 1. The summed E-state index contributed by atoms with van der Waals surface area (Å²) in [6.07, 6.45) is 0. The maximum atomic E-state index is 12.6. The van der Waals surface area contributed by atoms with E-state index in [0.29, 0.717) is 28.1 Å². The van der Waals surface area contributed by atoms with Crippen molar-refractivity contribution in [2.45, 2.75) is 6.54 Å². The minimum Gasteiger partial charge on any atom is -0.395 e. The Morgan fingerprint density at radius 3 is 2.71 bits per heavy atom. The van der Waals surface area contributed by atoms with Gasteiger partial charge in [0, 0.05) is 12.1 Å². The quantitative estimate of drug-likeness (QED) is 0.656. The van der Waals surface area contributed by atoms with E-state index in [1.165, 1.54) is 0 Å². The number of halogens is 2. The lowest BCUT2D eigenvalue weighted by atomic mass is 10.1. The van der Waals surface area contributed by atoms with Crippen LogP contribution in [0.15, 0.2) is 42.5 Å². The summed E-state index contributed by atoms with van der Waals surface area (Å²) in [7, 11) is 0. The Morgan fingerprint density at radius 1 is 1.17 bits per heavy atom. The molecule has 3 rings (SSSR count). The Kier molecular flexibility index (Phi) is 5.04. The van der Waals surface area contributed by atoms with E-state index in [1.807, 2.05) is 24.3 Å². The summed E-state index contributed by atoms with van der Waals surface area (Å²) in [6, 6.07) is 12.4. The van der Waals surface area contributed by atoms with E-state index in [0.717, 1.165) is 11.0 Å². The van der Waals surface area contributed by atoms with E-state index in [2.05, 4.69) is 10.3 Å². The fraction of sp³-hybridized carbons (Fsp3) is 0.176. The third-order valence-corrected chi connectivity index (χ3v) is 4.33. The molecule has 1 heterocycles. The third-order valence-electron chi connectivity index (χ3n) is 3.59. The number of fused-ring (bicyclic) bond motifs is 1. The Labute approximate surface area is 148 Å². The average molecular weight is 364 g/mol. The number of nitrogens with one attached hydrogen (secondary N) is 1. The van der Waals surface area contributed by atoms with E-state index < -0.39 is 0 Å². The summed E-state index contributed by atoms with van der Waals surface area (Å²) < 4.78 is 1.79. The fourth-order valence-electron chi connectivity index (χ4n) is 2.44. The molecule has 5 nitrogen and oxygen atoms in total. The number of carbonyl (C=O) groups excluding carboxylic acids is 1. The largest absolute Gasteiger partial charge is 0.395 e. The molecule has 0 saturated carbocycles. The number of ketones is 1. The Morgan fingerprint density at radius 2 is 1.96 bits per heavy atom. The highest BCUT2D eigenvalue weighted by Crippen LogP contribution is 2.24. The zero-order valence-corrected chi connectivity index (χ0v) is 14.2. The number of rotatable bonds is 6. The minimum atomic E-state index is -0.108. The van der Waals surface area contributed by atoms with Crippen LogP contribution in [0.5, 0.6) is 0 Å². The smallest absolute Gasteiger partial charge is 0.204 e. The standard InChI is InChI=1S/C17H15Cl2N3O2/c18-12-6-5-11(9-13(12)19)16(24)10-22-15-4-2-1-3-14(15)21-17(22)20-7-8-23/h1-6,9,23H,7-8,10H2,(H,20,21). The van der Waals surface area contributed by atoms with E-state index >= 15 is 0 Å². The predicted octanol–water partition coefficient (Wildman–Crippen LogP) is 3.63. The molecule has 0 aliphatic carbocycles. The molecule has 124 valence electrons. The van der Waals surface area contributed by atoms with Crippen LogP contribution in [0.1, 0.15) is 10.4 Å². The van der Waals surface area contributed by atoms with Crippen LogP contribution in [0, 0.1) is 0 Å². The van der Waals surface area contributed by atoms with Gasteiger partial charge in [-0.05, 0) is 30.3 Å². The highest BCUT2D eigenvalue weighted by Gasteiger charge is 2.15. The second-order valence-corrected chi connectivity index (χ2v) is 6.03. The molecule has 0 spiro atoms.